The number of anilines is 1. The standard InChI is InChI=1S/C18H20BrF2N3O2S/c1-18(2)5-6-24(18)27(25,26)16-4-3-14(19)8-15(16)23-10-12-7-13(17(20)21)11-22-9-12/h3-4,7-9,11,17,23H,5-6,10H2,1-2H3. The normalized spacial score (nSPS) is 17.0. The lowest BCUT2D eigenvalue weighted by Crippen LogP contribution is -2.58. The third kappa shape index (κ3) is 4.14. The van der Waals surface area contributed by atoms with Gasteiger partial charge in [0.2, 0.25) is 10.0 Å². The maximum Gasteiger partial charge on any atom is 0.265 e. The molecule has 0 saturated carbocycles. The van der Waals surface area contributed by atoms with Gasteiger partial charge in [0.1, 0.15) is 4.90 Å². The highest BCUT2D eigenvalue weighted by atomic mass is 79.9. The van der Waals surface area contributed by atoms with Crippen LogP contribution in [0, 0.1) is 0 Å². The summed E-state index contributed by atoms with van der Waals surface area (Å²) in [6.45, 7) is 4.43. The van der Waals surface area contributed by atoms with E-state index in [1.54, 1.807) is 18.2 Å². The average Bonchev–Trinajstić information content (AvgIpc) is 2.58. The van der Waals surface area contributed by atoms with Gasteiger partial charge in [-0.15, -0.1) is 0 Å². The summed E-state index contributed by atoms with van der Waals surface area (Å²) in [5, 5.41) is 3.05. The van der Waals surface area contributed by atoms with Gasteiger partial charge >= 0.3 is 0 Å². The van der Waals surface area contributed by atoms with E-state index in [1.165, 1.54) is 16.6 Å². The number of hydrogen-bond acceptors (Lipinski definition) is 4. The van der Waals surface area contributed by atoms with Crippen LogP contribution in [0.5, 0.6) is 0 Å². The number of nitrogens with zero attached hydrogens (tertiary/aromatic N) is 2. The van der Waals surface area contributed by atoms with Crippen LogP contribution in [-0.2, 0) is 16.6 Å². The van der Waals surface area contributed by atoms with E-state index in [9.17, 15) is 17.2 Å². The predicted octanol–water partition coefficient (Wildman–Crippen LogP) is 4.57. The van der Waals surface area contributed by atoms with Crippen LogP contribution >= 0.6 is 15.9 Å². The van der Waals surface area contributed by atoms with Crippen molar-refractivity contribution in [3.8, 4) is 0 Å². The number of aromatic nitrogens is 1. The summed E-state index contributed by atoms with van der Waals surface area (Å²) in [7, 11) is -3.67. The molecule has 0 spiro atoms. The molecule has 1 aliphatic rings. The first-order valence-corrected chi connectivity index (χ1v) is 10.6. The molecule has 1 aromatic heterocycles. The Bertz CT molecular complexity index is 951. The fourth-order valence-corrected chi connectivity index (χ4v) is 5.32. The molecule has 0 bridgehead atoms. The Morgan fingerprint density at radius 1 is 1.30 bits per heavy atom. The third-order valence-corrected chi connectivity index (χ3v) is 7.32. The molecule has 0 amide bonds. The molecule has 1 fully saturated rings. The molecule has 1 N–H and O–H groups in total. The zero-order chi connectivity index (χ0) is 19.8. The van der Waals surface area contributed by atoms with Crippen molar-refractivity contribution in [3.63, 3.8) is 0 Å². The summed E-state index contributed by atoms with van der Waals surface area (Å²) in [6.07, 6.45) is 0.795. The number of halogens is 3. The van der Waals surface area contributed by atoms with Gasteiger partial charge in [0.05, 0.1) is 5.69 Å². The lowest BCUT2D eigenvalue weighted by atomic mass is 9.93. The van der Waals surface area contributed by atoms with Crippen LogP contribution < -0.4 is 5.32 Å². The van der Waals surface area contributed by atoms with Crippen LogP contribution in [0.15, 0.2) is 46.0 Å². The second-order valence-corrected chi connectivity index (χ2v) is 9.81. The van der Waals surface area contributed by atoms with Crippen molar-refractivity contribution < 1.29 is 17.2 Å². The molecule has 1 saturated heterocycles. The Balaban J connectivity index is 1.88. The van der Waals surface area contributed by atoms with Gasteiger partial charge in [-0.05, 0) is 50.1 Å². The summed E-state index contributed by atoms with van der Waals surface area (Å²) in [5.74, 6) is 0. The van der Waals surface area contributed by atoms with Crippen molar-refractivity contribution in [2.45, 2.75) is 43.7 Å². The fourth-order valence-electron chi connectivity index (χ4n) is 3.00. The highest BCUT2D eigenvalue weighted by Gasteiger charge is 2.45. The molecular weight excluding hydrogens is 440 g/mol. The second kappa shape index (κ2) is 7.44. The van der Waals surface area contributed by atoms with Crippen molar-refractivity contribution in [2.75, 3.05) is 11.9 Å². The molecule has 146 valence electrons. The van der Waals surface area contributed by atoms with Crippen LogP contribution in [0.25, 0.3) is 0 Å². The van der Waals surface area contributed by atoms with Gasteiger partial charge in [-0.1, -0.05) is 15.9 Å². The Kier molecular flexibility index (Phi) is 5.56. The number of nitrogens with one attached hydrogen (secondary N) is 1. The molecule has 0 radical (unpaired) electrons. The van der Waals surface area contributed by atoms with Gasteiger partial charge in [-0.2, -0.15) is 4.31 Å². The molecule has 2 heterocycles. The molecular formula is C18H20BrF2N3O2S. The van der Waals surface area contributed by atoms with Crippen molar-refractivity contribution in [1.82, 2.24) is 9.29 Å². The second-order valence-electron chi connectivity index (χ2n) is 7.06. The summed E-state index contributed by atoms with van der Waals surface area (Å²) < 4.78 is 54.0. The first kappa shape index (κ1) is 20.2. The molecule has 9 heteroatoms. The summed E-state index contributed by atoms with van der Waals surface area (Å²) in [6, 6.07) is 6.24. The summed E-state index contributed by atoms with van der Waals surface area (Å²) >= 11 is 3.35. The maximum absolute atomic E-state index is 13.1. The topological polar surface area (TPSA) is 62.3 Å². The average molecular weight is 460 g/mol. The molecule has 2 aromatic rings. The number of hydrogen-bond donors (Lipinski definition) is 1. The molecule has 0 unspecified atom stereocenters. The molecule has 1 aromatic carbocycles. The van der Waals surface area contributed by atoms with Gasteiger partial charge in [-0.3, -0.25) is 4.98 Å². The molecule has 0 aliphatic carbocycles. The first-order valence-electron chi connectivity index (χ1n) is 8.39. The van der Waals surface area contributed by atoms with E-state index in [2.05, 4.69) is 26.2 Å². The Labute approximate surface area is 166 Å². The van der Waals surface area contributed by atoms with Crippen LogP contribution in [0.1, 0.15) is 37.8 Å². The molecule has 1 aliphatic heterocycles. The molecule has 27 heavy (non-hydrogen) atoms. The fraction of sp³-hybridized carbons (Fsp3) is 0.389. The number of alkyl halides is 2. The summed E-state index contributed by atoms with van der Waals surface area (Å²) in [5.41, 5.74) is 0.368. The quantitative estimate of drug-likeness (QED) is 0.687. The van der Waals surface area contributed by atoms with Crippen LogP contribution in [0.4, 0.5) is 14.5 Å². The lowest BCUT2D eigenvalue weighted by molar-refractivity contribution is 0.110. The minimum absolute atomic E-state index is 0.163. The van der Waals surface area contributed by atoms with Crippen LogP contribution in [0.3, 0.4) is 0 Å². The van der Waals surface area contributed by atoms with E-state index < -0.39 is 22.0 Å². The van der Waals surface area contributed by atoms with E-state index in [1.807, 2.05) is 13.8 Å². The molecule has 0 atom stereocenters. The first-order chi connectivity index (χ1) is 12.6. The van der Waals surface area contributed by atoms with E-state index in [-0.39, 0.29) is 17.0 Å². The van der Waals surface area contributed by atoms with E-state index in [4.69, 9.17) is 0 Å². The van der Waals surface area contributed by atoms with Gasteiger partial charge in [0.15, 0.2) is 0 Å². The number of pyridine rings is 1. The van der Waals surface area contributed by atoms with Crippen molar-refractivity contribution >= 4 is 31.6 Å². The number of rotatable bonds is 6. The largest absolute Gasteiger partial charge is 0.380 e. The van der Waals surface area contributed by atoms with Crippen LogP contribution in [0.2, 0.25) is 0 Å². The SMILES string of the molecule is CC1(C)CCN1S(=O)(=O)c1ccc(Br)cc1NCc1cncc(C(F)F)c1. The van der Waals surface area contributed by atoms with E-state index >= 15 is 0 Å². The van der Waals surface area contributed by atoms with Crippen molar-refractivity contribution in [1.29, 1.82) is 0 Å². The molecule has 5 nitrogen and oxygen atoms in total. The zero-order valence-corrected chi connectivity index (χ0v) is 17.3. The summed E-state index contributed by atoms with van der Waals surface area (Å²) in [4.78, 5) is 3.98. The smallest absolute Gasteiger partial charge is 0.265 e. The lowest BCUT2D eigenvalue weighted by Gasteiger charge is -2.47. The maximum atomic E-state index is 13.1. The van der Waals surface area contributed by atoms with Crippen molar-refractivity contribution in [2.24, 2.45) is 0 Å². The van der Waals surface area contributed by atoms with E-state index in [0.717, 1.165) is 12.6 Å². The minimum atomic E-state index is -3.67. The van der Waals surface area contributed by atoms with Crippen LogP contribution in [-0.4, -0.2) is 29.8 Å². The Hall–Kier alpha value is -1.58. The number of benzene rings is 1. The van der Waals surface area contributed by atoms with Crippen molar-refractivity contribution in [3.05, 3.63) is 52.3 Å². The molecule has 3 rings (SSSR count). The highest BCUT2D eigenvalue weighted by Crippen LogP contribution is 2.38. The van der Waals surface area contributed by atoms with Gasteiger partial charge in [-0.25, -0.2) is 17.2 Å². The minimum Gasteiger partial charge on any atom is -0.380 e. The van der Waals surface area contributed by atoms with Gasteiger partial charge < -0.3 is 5.32 Å². The zero-order valence-electron chi connectivity index (χ0n) is 14.9. The third-order valence-electron chi connectivity index (χ3n) is 4.66. The highest BCUT2D eigenvalue weighted by molar-refractivity contribution is 9.10. The van der Waals surface area contributed by atoms with Gasteiger partial charge in [0, 0.05) is 41.1 Å². The van der Waals surface area contributed by atoms with Gasteiger partial charge in [0.25, 0.3) is 6.43 Å². The Morgan fingerprint density at radius 3 is 2.63 bits per heavy atom. The van der Waals surface area contributed by atoms with E-state index in [0.29, 0.717) is 22.3 Å². The Morgan fingerprint density at radius 2 is 2.04 bits per heavy atom. The number of sulfonamides is 1. The predicted molar refractivity (Wildman–Crippen MR) is 103 cm³/mol. The monoisotopic (exact) mass is 459 g/mol.